The Kier molecular flexibility index (Phi) is 4.90. The van der Waals surface area contributed by atoms with Crippen LogP contribution in [0.15, 0.2) is 24.3 Å². The molecule has 1 fully saturated rings. The maximum Gasteiger partial charge on any atom is 0.238 e. The smallest absolute Gasteiger partial charge is 0.238 e. The molecule has 1 amide bonds. The molecule has 19 heavy (non-hydrogen) atoms. The lowest BCUT2D eigenvalue weighted by atomic mass is 10.2. The van der Waals surface area contributed by atoms with Gasteiger partial charge in [0.25, 0.3) is 0 Å². The fourth-order valence-electron chi connectivity index (χ4n) is 2.02. The summed E-state index contributed by atoms with van der Waals surface area (Å²) in [5, 5.41) is 14.6. The number of anilines is 1. The van der Waals surface area contributed by atoms with E-state index in [1.54, 1.807) is 24.3 Å². The summed E-state index contributed by atoms with van der Waals surface area (Å²) in [5.41, 5.74) is 1.17. The van der Waals surface area contributed by atoms with Crippen molar-refractivity contribution in [3.05, 3.63) is 29.8 Å². The Morgan fingerprint density at radius 1 is 1.53 bits per heavy atom. The van der Waals surface area contributed by atoms with Crippen LogP contribution in [0.5, 0.6) is 0 Å². The molecule has 0 spiro atoms. The molecule has 5 heteroatoms. The van der Waals surface area contributed by atoms with Gasteiger partial charge in [-0.2, -0.15) is 5.26 Å². The fraction of sp³-hybridized carbons (Fsp3) is 0.429. The van der Waals surface area contributed by atoms with Gasteiger partial charge in [0.1, 0.15) is 0 Å². The van der Waals surface area contributed by atoms with E-state index in [0.717, 1.165) is 19.4 Å². The summed E-state index contributed by atoms with van der Waals surface area (Å²) < 4.78 is 5.45. The van der Waals surface area contributed by atoms with Crippen LogP contribution in [0.4, 0.5) is 5.69 Å². The zero-order valence-corrected chi connectivity index (χ0v) is 10.7. The van der Waals surface area contributed by atoms with Gasteiger partial charge in [-0.15, -0.1) is 0 Å². The summed E-state index contributed by atoms with van der Waals surface area (Å²) in [5.74, 6) is -0.118. The minimum Gasteiger partial charge on any atom is -0.377 e. The first-order valence-corrected chi connectivity index (χ1v) is 6.40. The van der Waals surface area contributed by atoms with Gasteiger partial charge in [-0.1, -0.05) is 6.07 Å². The molecular weight excluding hydrogens is 242 g/mol. The monoisotopic (exact) mass is 259 g/mol. The van der Waals surface area contributed by atoms with E-state index in [1.165, 1.54) is 0 Å². The van der Waals surface area contributed by atoms with Gasteiger partial charge in [0.15, 0.2) is 0 Å². The molecule has 0 aromatic heterocycles. The number of nitrogens with zero attached hydrogens (tertiary/aromatic N) is 1. The first-order chi connectivity index (χ1) is 9.28. The van der Waals surface area contributed by atoms with Crippen molar-refractivity contribution in [2.24, 2.45) is 0 Å². The van der Waals surface area contributed by atoms with Gasteiger partial charge < -0.3 is 15.4 Å². The second-order valence-corrected chi connectivity index (χ2v) is 4.51. The quantitative estimate of drug-likeness (QED) is 0.835. The summed E-state index contributed by atoms with van der Waals surface area (Å²) in [7, 11) is 0. The molecule has 1 aromatic rings. The van der Waals surface area contributed by atoms with Crippen LogP contribution in [-0.2, 0) is 9.53 Å². The zero-order chi connectivity index (χ0) is 13.5. The number of ether oxygens (including phenoxy) is 1. The van der Waals surface area contributed by atoms with E-state index in [2.05, 4.69) is 10.6 Å². The lowest BCUT2D eigenvalue weighted by molar-refractivity contribution is -0.115. The molecule has 1 aliphatic heterocycles. The Balaban J connectivity index is 1.72. The van der Waals surface area contributed by atoms with Crippen molar-refractivity contribution in [1.82, 2.24) is 5.32 Å². The second kappa shape index (κ2) is 6.88. The molecule has 1 aromatic carbocycles. The molecule has 1 heterocycles. The number of nitrogens with one attached hydrogen (secondary N) is 2. The Morgan fingerprint density at radius 2 is 2.42 bits per heavy atom. The van der Waals surface area contributed by atoms with E-state index in [9.17, 15) is 4.79 Å². The predicted molar refractivity (Wildman–Crippen MR) is 71.6 cm³/mol. The highest BCUT2D eigenvalue weighted by molar-refractivity contribution is 5.92. The Bertz CT molecular complexity index is 476. The van der Waals surface area contributed by atoms with Crippen LogP contribution >= 0.6 is 0 Å². The van der Waals surface area contributed by atoms with Gasteiger partial charge in [0.05, 0.1) is 24.3 Å². The number of benzene rings is 1. The molecule has 1 unspecified atom stereocenters. The van der Waals surface area contributed by atoms with Crippen molar-refractivity contribution in [1.29, 1.82) is 5.26 Å². The highest BCUT2D eigenvalue weighted by Gasteiger charge is 2.15. The van der Waals surface area contributed by atoms with Crippen LogP contribution in [0.1, 0.15) is 18.4 Å². The number of rotatable bonds is 5. The highest BCUT2D eigenvalue weighted by atomic mass is 16.5. The number of carbonyl (C=O) groups excluding carboxylic acids is 1. The predicted octanol–water partition coefficient (Wildman–Crippen LogP) is 1.27. The topological polar surface area (TPSA) is 74.2 Å². The van der Waals surface area contributed by atoms with E-state index in [1.807, 2.05) is 6.07 Å². The van der Waals surface area contributed by atoms with E-state index >= 15 is 0 Å². The number of amides is 1. The lowest BCUT2D eigenvalue weighted by Gasteiger charge is -2.10. The third-order valence-electron chi connectivity index (χ3n) is 2.96. The third-order valence-corrected chi connectivity index (χ3v) is 2.96. The van der Waals surface area contributed by atoms with Crippen LogP contribution in [0.2, 0.25) is 0 Å². The largest absolute Gasteiger partial charge is 0.377 e. The maximum absolute atomic E-state index is 11.7. The van der Waals surface area contributed by atoms with Crippen LogP contribution in [0.25, 0.3) is 0 Å². The Labute approximate surface area is 112 Å². The van der Waals surface area contributed by atoms with Crippen LogP contribution in [-0.4, -0.2) is 31.7 Å². The zero-order valence-electron chi connectivity index (χ0n) is 10.7. The molecule has 2 rings (SSSR count). The molecule has 5 nitrogen and oxygen atoms in total. The minimum atomic E-state index is -0.118. The average Bonchev–Trinajstić information content (AvgIpc) is 2.92. The van der Waals surface area contributed by atoms with E-state index < -0.39 is 0 Å². The molecule has 0 saturated carbocycles. The van der Waals surface area contributed by atoms with Crippen LogP contribution < -0.4 is 10.6 Å². The lowest BCUT2D eigenvalue weighted by Crippen LogP contribution is -2.33. The van der Waals surface area contributed by atoms with Gasteiger partial charge in [-0.3, -0.25) is 4.79 Å². The molecule has 1 aliphatic rings. The van der Waals surface area contributed by atoms with Crippen molar-refractivity contribution in [3.63, 3.8) is 0 Å². The number of hydrogen-bond donors (Lipinski definition) is 2. The molecule has 1 saturated heterocycles. The summed E-state index contributed by atoms with van der Waals surface area (Å²) in [6.45, 7) is 1.77. The summed E-state index contributed by atoms with van der Waals surface area (Å²) in [6, 6.07) is 8.89. The summed E-state index contributed by atoms with van der Waals surface area (Å²) in [6.07, 6.45) is 2.38. The van der Waals surface area contributed by atoms with E-state index in [4.69, 9.17) is 10.00 Å². The third kappa shape index (κ3) is 4.36. The number of nitriles is 1. The number of carbonyl (C=O) groups is 1. The second-order valence-electron chi connectivity index (χ2n) is 4.51. The first-order valence-electron chi connectivity index (χ1n) is 6.40. The normalized spacial score (nSPS) is 17.9. The van der Waals surface area contributed by atoms with Crippen LogP contribution in [0, 0.1) is 11.3 Å². The van der Waals surface area contributed by atoms with Gasteiger partial charge >= 0.3 is 0 Å². The standard InChI is InChI=1S/C14H17N3O2/c15-8-11-3-1-4-12(7-11)17-14(18)10-16-9-13-5-2-6-19-13/h1,3-4,7,13,16H,2,5-6,9-10H2,(H,17,18). The van der Waals surface area contributed by atoms with Crippen molar-refractivity contribution in [2.75, 3.05) is 25.0 Å². The molecule has 1 atom stereocenters. The van der Waals surface area contributed by atoms with Crippen molar-refractivity contribution >= 4 is 11.6 Å². The van der Waals surface area contributed by atoms with Crippen molar-refractivity contribution in [3.8, 4) is 6.07 Å². The molecule has 0 radical (unpaired) electrons. The Morgan fingerprint density at radius 3 is 3.16 bits per heavy atom. The van der Waals surface area contributed by atoms with Gasteiger partial charge in [-0.25, -0.2) is 0 Å². The molecular formula is C14H17N3O2. The van der Waals surface area contributed by atoms with Crippen molar-refractivity contribution < 1.29 is 9.53 Å². The molecule has 100 valence electrons. The Hall–Kier alpha value is -1.90. The summed E-state index contributed by atoms with van der Waals surface area (Å²) in [4.78, 5) is 11.7. The SMILES string of the molecule is N#Cc1cccc(NC(=O)CNCC2CCCO2)c1. The minimum absolute atomic E-state index is 0.118. The van der Waals surface area contributed by atoms with Crippen LogP contribution in [0.3, 0.4) is 0 Å². The summed E-state index contributed by atoms with van der Waals surface area (Å²) >= 11 is 0. The van der Waals surface area contributed by atoms with Gasteiger partial charge in [0.2, 0.25) is 5.91 Å². The van der Waals surface area contributed by atoms with E-state index in [0.29, 0.717) is 17.8 Å². The van der Waals surface area contributed by atoms with Gasteiger partial charge in [-0.05, 0) is 31.0 Å². The average molecular weight is 259 g/mol. The molecule has 2 N–H and O–H groups in total. The van der Waals surface area contributed by atoms with Gasteiger partial charge in [0, 0.05) is 18.8 Å². The molecule has 0 bridgehead atoms. The first kappa shape index (κ1) is 13.5. The highest BCUT2D eigenvalue weighted by Crippen LogP contribution is 2.11. The fourth-order valence-corrected chi connectivity index (χ4v) is 2.02. The number of hydrogen-bond acceptors (Lipinski definition) is 4. The maximum atomic E-state index is 11.7. The van der Waals surface area contributed by atoms with Crippen molar-refractivity contribution in [2.45, 2.75) is 18.9 Å². The molecule has 0 aliphatic carbocycles. The van der Waals surface area contributed by atoms with E-state index in [-0.39, 0.29) is 18.6 Å².